The van der Waals surface area contributed by atoms with Crippen molar-refractivity contribution in [2.75, 3.05) is 6.54 Å². The summed E-state index contributed by atoms with van der Waals surface area (Å²) < 4.78 is 0. The van der Waals surface area contributed by atoms with Gasteiger partial charge in [-0.1, -0.05) is 20.8 Å². The van der Waals surface area contributed by atoms with E-state index >= 15 is 0 Å². The van der Waals surface area contributed by atoms with Crippen LogP contribution in [0.2, 0.25) is 0 Å². The van der Waals surface area contributed by atoms with Gasteiger partial charge in [0.05, 0.1) is 0 Å². The molecular formula is C17H28N4O4. The highest BCUT2D eigenvalue weighted by molar-refractivity contribution is 5.95. The molecule has 0 unspecified atom stereocenters. The minimum atomic E-state index is -0.722. The SMILES string of the molecule is CC(C)C[C@H](NC(=O)[C@@H]1C[C@H](C)C(=O)N1)C(=O)N1CCC[C@H]1C(N)=O. The second kappa shape index (κ2) is 7.84. The second-order valence-electron chi connectivity index (χ2n) is 7.48. The van der Waals surface area contributed by atoms with E-state index in [1.165, 1.54) is 4.90 Å². The Hall–Kier alpha value is -2.12. The van der Waals surface area contributed by atoms with E-state index < -0.39 is 24.0 Å². The summed E-state index contributed by atoms with van der Waals surface area (Å²) in [7, 11) is 0. The summed E-state index contributed by atoms with van der Waals surface area (Å²) in [6.45, 7) is 6.15. The molecule has 2 aliphatic heterocycles. The number of likely N-dealkylation sites (tertiary alicyclic amines) is 1. The Bertz CT molecular complexity index is 563. The molecule has 0 saturated carbocycles. The van der Waals surface area contributed by atoms with Gasteiger partial charge in [0.1, 0.15) is 18.1 Å². The summed E-state index contributed by atoms with van der Waals surface area (Å²) in [5.74, 6) is -1.33. The number of hydrogen-bond acceptors (Lipinski definition) is 4. The zero-order valence-electron chi connectivity index (χ0n) is 15.1. The smallest absolute Gasteiger partial charge is 0.245 e. The molecule has 0 aromatic carbocycles. The monoisotopic (exact) mass is 352 g/mol. The molecule has 8 heteroatoms. The Balaban J connectivity index is 2.07. The van der Waals surface area contributed by atoms with E-state index in [4.69, 9.17) is 5.73 Å². The molecule has 8 nitrogen and oxygen atoms in total. The molecule has 2 fully saturated rings. The summed E-state index contributed by atoms with van der Waals surface area (Å²) in [4.78, 5) is 50.0. The molecule has 25 heavy (non-hydrogen) atoms. The predicted molar refractivity (Wildman–Crippen MR) is 91.0 cm³/mol. The van der Waals surface area contributed by atoms with Crippen molar-refractivity contribution in [3.63, 3.8) is 0 Å². The average molecular weight is 352 g/mol. The average Bonchev–Trinajstić information content (AvgIpc) is 3.13. The number of amides is 4. The quantitative estimate of drug-likeness (QED) is 0.597. The first-order chi connectivity index (χ1) is 11.7. The van der Waals surface area contributed by atoms with Crippen LogP contribution in [0.5, 0.6) is 0 Å². The van der Waals surface area contributed by atoms with Crippen LogP contribution in [0.15, 0.2) is 0 Å². The van der Waals surface area contributed by atoms with Crippen LogP contribution in [0, 0.1) is 11.8 Å². The Morgan fingerprint density at radius 1 is 1.36 bits per heavy atom. The molecule has 0 aromatic heterocycles. The fourth-order valence-electron chi connectivity index (χ4n) is 3.50. The molecule has 2 heterocycles. The number of nitrogens with zero attached hydrogens (tertiary/aromatic N) is 1. The number of nitrogens with two attached hydrogens (primary N) is 1. The third kappa shape index (κ3) is 4.49. The maximum absolute atomic E-state index is 12.9. The van der Waals surface area contributed by atoms with Gasteiger partial charge < -0.3 is 21.3 Å². The van der Waals surface area contributed by atoms with Crippen LogP contribution >= 0.6 is 0 Å². The van der Waals surface area contributed by atoms with Gasteiger partial charge in [-0.25, -0.2) is 0 Å². The van der Waals surface area contributed by atoms with Crippen LogP contribution in [0.25, 0.3) is 0 Å². The summed E-state index contributed by atoms with van der Waals surface area (Å²) in [5.41, 5.74) is 5.39. The van der Waals surface area contributed by atoms with Crippen molar-refractivity contribution in [1.29, 1.82) is 0 Å². The van der Waals surface area contributed by atoms with Crippen molar-refractivity contribution in [3.8, 4) is 0 Å². The molecule has 0 spiro atoms. The van der Waals surface area contributed by atoms with Gasteiger partial charge in [-0.3, -0.25) is 19.2 Å². The van der Waals surface area contributed by atoms with E-state index in [2.05, 4.69) is 10.6 Å². The minimum Gasteiger partial charge on any atom is -0.368 e. The first-order valence-electron chi connectivity index (χ1n) is 8.91. The highest BCUT2D eigenvalue weighted by Crippen LogP contribution is 2.20. The number of hydrogen-bond donors (Lipinski definition) is 3. The number of carbonyl (C=O) groups excluding carboxylic acids is 4. The van der Waals surface area contributed by atoms with E-state index in [-0.39, 0.29) is 29.6 Å². The molecule has 0 aliphatic carbocycles. The van der Waals surface area contributed by atoms with Gasteiger partial charge in [0, 0.05) is 12.5 Å². The van der Waals surface area contributed by atoms with Crippen molar-refractivity contribution in [2.45, 2.75) is 64.6 Å². The lowest BCUT2D eigenvalue weighted by molar-refractivity contribution is -0.141. The van der Waals surface area contributed by atoms with Crippen molar-refractivity contribution in [2.24, 2.45) is 17.6 Å². The molecule has 4 amide bonds. The van der Waals surface area contributed by atoms with Crippen LogP contribution in [-0.4, -0.2) is 53.2 Å². The van der Waals surface area contributed by atoms with Gasteiger partial charge in [-0.2, -0.15) is 0 Å². The molecule has 2 aliphatic rings. The topological polar surface area (TPSA) is 122 Å². The van der Waals surface area contributed by atoms with Crippen molar-refractivity contribution in [3.05, 3.63) is 0 Å². The Labute approximate surface area is 147 Å². The van der Waals surface area contributed by atoms with E-state index in [0.29, 0.717) is 25.8 Å². The lowest BCUT2D eigenvalue weighted by Gasteiger charge is -2.29. The number of primary amides is 1. The highest BCUT2D eigenvalue weighted by Gasteiger charge is 2.39. The lowest BCUT2D eigenvalue weighted by atomic mass is 10.0. The lowest BCUT2D eigenvalue weighted by Crippen LogP contribution is -2.55. The maximum Gasteiger partial charge on any atom is 0.245 e. The van der Waals surface area contributed by atoms with Crippen LogP contribution in [0.1, 0.15) is 46.5 Å². The van der Waals surface area contributed by atoms with E-state index in [0.717, 1.165) is 6.42 Å². The van der Waals surface area contributed by atoms with Gasteiger partial charge in [0.2, 0.25) is 23.6 Å². The second-order valence-corrected chi connectivity index (χ2v) is 7.48. The third-order valence-electron chi connectivity index (χ3n) is 4.86. The third-order valence-corrected chi connectivity index (χ3v) is 4.86. The first kappa shape index (κ1) is 19.2. The summed E-state index contributed by atoms with van der Waals surface area (Å²) in [6, 6.07) is -1.94. The predicted octanol–water partition coefficient (Wildman–Crippen LogP) is -0.482. The highest BCUT2D eigenvalue weighted by atomic mass is 16.2. The molecule has 0 bridgehead atoms. The van der Waals surface area contributed by atoms with Crippen molar-refractivity contribution >= 4 is 23.6 Å². The number of carbonyl (C=O) groups is 4. The van der Waals surface area contributed by atoms with Gasteiger partial charge in [-0.05, 0) is 31.6 Å². The molecule has 2 rings (SSSR count). The molecule has 140 valence electrons. The largest absolute Gasteiger partial charge is 0.368 e. The molecular weight excluding hydrogens is 324 g/mol. The van der Waals surface area contributed by atoms with Gasteiger partial charge in [-0.15, -0.1) is 0 Å². The normalized spacial score (nSPS) is 27.3. The molecule has 4 N–H and O–H groups in total. The Kier molecular flexibility index (Phi) is 6.02. The fraction of sp³-hybridized carbons (Fsp3) is 0.765. The Morgan fingerprint density at radius 3 is 2.56 bits per heavy atom. The van der Waals surface area contributed by atoms with E-state index in [9.17, 15) is 19.2 Å². The maximum atomic E-state index is 12.9. The van der Waals surface area contributed by atoms with Crippen LogP contribution in [0.3, 0.4) is 0 Å². The molecule has 0 radical (unpaired) electrons. The van der Waals surface area contributed by atoms with Crippen molar-refractivity contribution < 1.29 is 19.2 Å². The number of rotatable bonds is 6. The zero-order chi connectivity index (χ0) is 18.7. The summed E-state index contributed by atoms with van der Waals surface area (Å²) in [5, 5.41) is 5.42. The van der Waals surface area contributed by atoms with Crippen molar-refractivity contribution in [1.82, 2.24) is 15.5 Å². The first-order valence-corrected chi connectivity index (χ1v) is 8.91. The summed E-state index contributed by atoms with van der Waals surface area (Å²) >= 11 is 0. The molecule has 2 saturated heterocycles. The minimum absolute atomic E-state index is 0.153. The fourth-order valence-corrected chi connectivity index (χ4v) is 3.50. The van der Waals surface area contributed by atoms with Crippen LogP contribution in [0.4, 0.5) is 0 Å². The molecule has 0 aromatic rings. The number of nitrogens with one attached hydrogen (secondary N) is 2. The molecule has 4 atom stereocenters. The van der Waals surface area contributed by atoms with Gasteiger partial charge >= 0.3 is 0 Å². The zero-order valence-corrected chi connectivity index (χ0v) is 15.1. The van der Waals surface area contributed by atoms with Gasteiger partial charge in [0.25, 0.3) is 0 Å². The standard InChI is InChI=1S/C17H28N4O4/c1-9(2)7-12(17(25)21-6-4-5-13(21)14(18)22)20-16(24)11-8-10(3)15(23)19-11/h9-13H,4-8H2,1-3H3,(H2,18,22)(H,19,23)(H,20,24)/t10-,11-,12-,13-/m0/s1. The van der Waals surface area contributed by atoms with Crippen LogP contribution in [-0.2, 0) is 19.2 Å². The van der Waals surface area contributed by atoms with Crippen LogP contribution < -0.4 is 16.4 Å². The Morgan fingerprint density at radius 2 is 2.04 bits per heavy atom. The van der Waals surface area contributed by atoms with Gasteiger partial charge in [0.15, 0.2) is 0 Å². The van der Waals surface area contributed by atoms with E-state index in [1.807, 2.05) is 13.8 Å². The van der Waals surface area contributed by atoms with E-state index in [1.54, 1.807) is 6.92 Å². The summed E-state index contributed by atoms with van der Waals surface area (Å²) in [6.07, 6.45) is 2.15.